The van der Waals surface area contributed by atoms with Gasteiger partial charge in [0.05, 0.1) is 10.7 Å². The fraction of sp³-hybridized carbons (Fsp3) is 0.400. The van der Waals surface area contributed by atoms with E-state index >= 15 is 0 Å². The third kappa shape index (κ3) is 4.01. The average molecular weight is 375 g/mol. The SMILES string of the molecule is Cc1cccc(Cl)c1SCc1cccc(C(=O)N2C(C)CCC2C)n1. The summed E-state index contributed by atoms with van der Waals surface area (Å²) in [5.74, 6) is 0.731. The number of likely N-dealkylation sites (tertiary alicyclic amines) is 1. The third-order valence-corrected chi connectivity index (χ3v) is 6.44. The largest absolute Gasteiger partial charge is 0.332 e. The first-order valence-corrected chi connectivity index (χ1v) is 10.00. The minimum atomic E-state index is 0.0401. The van der Waals surface area contributed by atoms with Crippen molar-refractivity contribution in [2.24, 2.45) is 0 Å². The van der Waals surface area contributed by atoms with E-state index in [1.165, 1.54) is 0 Å². The fourth-order valence-electron chi connectivity index (χ4n) is 3.35. The Morgan fingerprint density at radius 2 is 1.88 bits per heavy atom. The Labute approximate surface area is 158 Å². The van der Waals surface area contributed by atoms with Gasteiger partial charge in [0.15, 0.2) is 0 Å². The topological polar surface area (TPSA) is 33.2 Å². The lowest BCUT2D eigenvalue weighted by Gasteiger charge is -2.26. The van der Waals surface area contributed by atoms with Gasteiger partial charge in [-0.05, 0) is 57.4 Å². The fourth-order valence-corrected chi connectivity index (χ4v) is 4.69. The number of hydrogen-bond donors (Lipinski definition) is 0. The second-order valence-corrected chi connectivity index (χ2v) is 8.07. The van der Waals surface area contributed by atoms with Crippen LogP contribution in [0.1, 0.15) is 48.4 Å². The van der Waals surface area contributed by atoms with E-state index in [1.54, 1.807) is 11.8 Å². The first-order chi connectivity index (χ1) is 12.0. The lowest BCUT2D eigenvalue weighted by Crippen LogP contribution is -2.39. The van der Waals surface area contributed by atoms with Crippen molar-refractivity contribution in [3.63, 3.8) is 0 Å². The molecule has 1 aromatic carbocycles. The molecule has 25 heavy (non-hydrogen) atoms. The number of nitrogens with zero attached hydrogens (tertiary/aromatic N) is 2. The van der Waals surface area contributed by atoms with E-state index in [9.17, 15) is 4.79 Å². The maximum atomic E-state index is 12.8. The summed E-state index contributed by atoms with van der Waals surface area (Å²) in [6.45, 7) is 6.28. The molecule has 1 amide bonds. The average Bonchev–Trinajstić information content (AvgIpc) is 2.93. The van der Waals surface area contributed by atoms with Gasteiger partial charge in [0.25, 0.3) is 5.91 Å². The van der Waals surface area contributed by atoms with Crippen molar-refractivity contribution >= 4 is 29.3 Å². The second kappa shape index (κ2) is 7.79. The normalized spacial score (nSPS) is 20.1. The molecule has 1 fully saturated rings. The van der Waals surface area contributed by atoms with E-state index in [2.05, 4.69) is 31.8 Å². The minimum absolute atomic E-state index is 0.0401. The number of hydrogen-bond acceptors (Lipinski definition) is 3. The molecule has 2 aromatic rings. The molecule has 132 valence electrons. The van der Waals surface area contributed by atoms with Crippen molar-refractivity contribution in [1.29, 1.82) is 0 Å². The zero-order valence-electron chi connectivity index (χ0n) is 14.8. The second-order valence-electron chi connectivity index (χ2n) is 6.68. The Kier molecular flexibility index (Phi) is 5.70. The molecule has 1 aliphatic heterocycles. The summed E-state index contributed by atoms with van der Waals surface area (Å²) in [6, 6.07) is 12.2. The summed E-state index contributed by atoms with van der Waals surface area (Å²) in [4.78, 5) is 20.5. The minimum Gasteiger partial charge on any atom is -0.332 e. The number of pyridine rings is 1. The smallest absolute Gasteiger partial charge is 0.272 e. The molecule has 2 unspecified atom stereocenters. The van der Waals surface area contributed by atoms with Gasteiger partial charge >= 0.3 is 0 Å². The van der Waals surface area contributed by atoms with Crippen LogP contribution in [0.25, 0.3) is 0 Å². The standard InChI is InChI=1S/C20H23ClN2OS/c1-13-6-4-8-17(21)19(13)25-12-16-7-5-9-18(22-16)20(24)23-14(2)10-11-15(23)3/h4-9,14-15H,10-12H2,1-3H3. The summed E-state index contributed by atoms with van der Waals surface area (Å²) >= 11 is 7.95. The van der Waals surface area contributed by atoms with Gasteiger partial charge in [0.1, 0.15) is 5.69 Å². The first kappa shape index (κ1) is 18.3. The number of carbonyl (C=O) groups excluding carboxylic acids is 1. The predicted molar refractivity (Wildman–Crippen MR) is 104 cm³/mol. The number of amides is 1. The number of rotatable bonds is 4. The third-order valence-electron chi connectivity index (χ3n) is 4.74. The first-order valence-electron chi connectivity index (χ1n) is 8.64. The van der Waals surface area contributed by atoms with Gasteiger partial charge in [-0.2, -0.15) is 0 Å². The molecule has 2 atom stereocenters. The molecule has 1 aliphatic rings. The van der Waals surface area contributed by atoms with Crippen molar-refractivity contribution in [3.8, 4) is 0 Å². The lowest BCUT2D eigenvalue weighted by atomic mass is 10.2. The number of thioether (sulfide) groups is 1. The van der Waals surface area contributed by atoms with Crippen LogP contribution in [-0.4, -0.2) is 27.9 Å². The van der Waals surface area contributed by atoms with Crippen molar-refractivity contribution < 1.29 is 4.79 Å². The molecule has 0 spiro atoms. The van der Waals surface area contributed by atoms with Gasteiger partial charge in [-0.1, -0.05) is 29.8 Å². The summed E-state index contributed by atoms with van der Waals surface area (Å²) in [5, 5.41) is 0.761. The van der Waals surface area contributed by atoms with Gasteiger partial charge in [-0.15, -0.1) is 11.8 Å². The van der Waals surface area contributed by atoms with Crippen LogP contribution in [0.4, 0.5) is 0 Å². The van der Waals surface area contributed by atoms with E-state index in [0.717, 1.165) is 34.0 Å². The van der Waals surface area contributed by atoms with E-state index < -0.39 is 0 Å². The Hall–Kier alpha value is -1.52. The van der Waals surface area contributed by atoms with Crippen LogP contribution >= 0.6 is 23.4 Å². The van der Waals surface area contributed by atoms with Gasteiger partial charge in [-0.25, -0.2) is 4.98 Å². The Balaban J connectivity index is 1.74. The number of aryl methyl sites for hydroxylation is 1. The van der Waals surface area contributed by atoms with E-state index in [0.29, 0.717) is 11.4 Å². The van der Waals surface area contributed by atoms with Crippen molar-refractivity contribution in [1.82, 2.24) is 9.88 Å². The highest BCUT2D eigenvalue weighted by Crippen LogP contribution is 2.32. The maximum Gasteiger partial charge on any atom is 0.272 e. The van der Waals surface area contributed by atoms with Crippen LogP contribution in [-0.2, 0) is 5.75 Å². The molecule has 3 nitrogen and oxygen atoms in total. The van der Waals surface area contributed by atoms with Crippen molar-refractivity contribution in [2.45, 2.75) is 56.3 Å². The number of aromatic nitrogens is 1. The number of halogens is 1. The van der Waals surface area contributed by atoms with Crippen LogP contribution < -0.4 is 0 Å². The molecule has 0 bridgehead atoms. The molecule has 5 heteroatoms. The lowest BCUT2D eigenvalue weighted by molar-refractivity contribution is 0.0686. The maximum absolute atomic E-state index is 12.8. The van der Waals surface area contributed by atoms with Gasteiger partial charge in [0, 0.05) is 22.7 Å². The van der Waals surface area contributed by atoms with Crippen LogP contribution in [0, 0.1) is 6.92 Å². The van der Waals surface area contributed by atoms with Gasteiger partial charge < -0.3 is 4.90 Å². The predicted octanol–water partition coefficient (Wildman–Crippen LogP) is 5.35. The van der Waals surface area contributed by atoms with E-state index in [4.69, 9.17) is 11.6 Å². The highest BCUT2D eigenvalue weighted by atomic mass is 35.5. The molecule has 2 heterocycles. The summed E-state index contributed by atoms with van der Waals surface area (Å²) in [5.41, 5.74) is 2.59. The molecular weight excluding hydrogens is 352 g/mol. The zero-order chi connectivity index (χ0) is 18.0. The quantitative estimate of drug-likeness (QED) is 0.676. The highest BCUT2D eigenvalue weighted by Gasteiger charge is 2.32. The van der Waals surface area contributed by atoms with Crippen molar-refractivity contribution in [2.75, 3.05) is 0 Å². The molecule has 1 aromatic heterocycles. The zero-order valence-corrected chi connectivity index (χ0v) is 16.4. The van der Waals surface area contributed by atoms with E-state index in [1.807, 2.05) is 35.2 Å². The molecule has 3 rings (SSSR count). The molecule has 0 aliphatic carbocycles. The molecule has 0 N–H and O–H groups in total. The molecule has 0 radical (unpaired) electrons. The number of benzene rings is 1. The van der Waals surface area contributed by atoms with Gasteiger partial charge in [0.2, 0.25) is 0 Å². The Morgan fingerprint density at radius 1 is 1.20 bits per heavy atom. The van der Waals surface area contributed by atoms with Crippen LogP contribution in [0.3, 0.4) is 0 Å². The summed E-state index contributed by atoms with van der Waals surface area (Å²) in [6.07, 6.45) is 2.13. The molecule has 0 saturated carbocycles. The summed E-state index contributed by atoms with van der Waals surface area (Å²) in [7, 11) is 0. The number of carbonyl (C=O) groups is 1. The van der Waals surface area contributed by atoms with Crippen LogP contribution in [0.15, 0.2) is 41.3 Å². The van der Waals surface area contributed by atoms with Crippen molar-refractivity contribution in [3.05, 3.63) is 58.4 Å². The Morgan fingerprint density at radius 3 is 2.56 bits per heavy atom. The Bertz CT molecular complexity index is 750. The molecule has 1 saturated heterocycles. The molecular formula is C20H23ClN2OS. The van der Waals surface area contributed by atoms with E-state index in [-0.39, 0.29) is 18.0 Å². The summed E-state index contributed by atoms with van der Waals surface area (Å²) < 4.78 is 0. The monoisotopic (exact) mass is 374 g/mol. The van der Waals surface area contributed by atoms with Crippen LogP contribution in [0.5, 0.6) is 0 Å². The van der Waals surface area contributed by atoms with Crippen LogP contribution in [0.2, 0.25) is 5.02 Å². The van der Waals surface area contributed by atoms with Gasteiger partial charge in [-0.3, -0.25) is 4.79 Å². The highest BCUT2D eigenvalue weighted by molar-refractivity contribution is 7.98.